The second-order valence-electron chi connectivity index (χ2n) is 11.4. The molecule has 2 N–H and O–H groups in total. The van der Waals surface area contributed by atoms with Gasteiger partial charge in [-0.15, -0.1) is 0 Å². The topological polar surface area (TPSA) is 101 Å². The molecule has 0 radical (unpaired) electrons. The Bertz CT molecular complexity index is 848. The Morgan fingerprint density at radius 2 is 1.94 bits per heavy atom. The summed E-state index contributed by atoms with van der Waals surface area (Å²) in [5, 5.41) is 21.4. The molecule has 4 rings (SSSR count). The van der Waals surface area contributed by atoms with Crippen molar-refractivity contribution in [2.24, 2.45) is 28.6 Å². The van der Waals surface area contributed by atoms with Crippen LogP contribution in [0, 0.1) is 28.6 Å². The van der Waals surface area contributed by atoms with Crippen molar-refractivity contribution in [1.29, 1.82) is 0 Å². The second kappa shape index (κ2) is 8.92. The molecule has 0 aromatic carbocycles. The van der Waals surface area contributed by atoms with E-state index in [0.29, 0.717) is 25.7 Å². The van der Waals surface area contributed by atoms with Crippen molar-refractivity contribution >= 4 is 17.5 Å². The number of hydrogen-bond acceptors (Lipinski definition) is 6. The van der Waals surface area contributed by atoms with Crippen molar-refractivity contribution in [3.63, 3.8) is 0 Å². The van der Waals surface area contributed by atoms with Gasteiger partial charge in [-0.2, -0.15) is 0 Å². The molecule has 3 saturated carbocycles. The van der Waals surface area contributed by atoms with Crippen molar-refractivity contribution in [2.45, 2.75) is 103 Å². The quantitative estimate of drug-likeness (QED) is 0.339. The van der Waals surface area contributed by atoms with E-state index >= 15 is 0 Å². The van der Waals surface area contributed by atoms with Gasteiger partial charge < -0.3 is 14.9 Å². The van der Waals surface area contributed by atoms with Crippen molar-refractivity contribution in [3.8, 4) is 0 Å². The van der Waals surface area contributed by atoms with Gasteiger partial charge in [-0.1, -0.05) is 32.4 Å². The van der Waals surface area contributed by atoms with Crippen LogP contribution in [-0.4, -0.2) is 46.1 Å². The summed E-state index contributed by atoms with van der Waals surface area (Å²) >= 11 is 0. The highest BCUT2D eigenvalue weighted by atomic mass is 16.6. The van der Waals surface area contributed by atoms with Crippen LogP contribution in [0.5, 0.6) is 0 Å². The molecule has 0 amide bonds. The number of carbonyl (C=O) groups is 3. The van der Waals surface area contributed by atoms with Gasteiger partial charge >= 0.3 is 5.97 Å². The molecule has 0 bridgehead atoms. The van der Waals surface area contributed by atoms with E-state index in [1.54, 1.807) is 0 Å². The molecule has 0 spiro atoms. The number of ketones is 2. The number of aliphatic hydroxyl groups excluding tert-OH is 2. The average molecular weight is 461 g/mol. The van der Waals surface area contributed by atoms with Gasteiger partial charge in [0, 0.05) is 11.8 Å². The molecule has 0 saturated heterocycles. The lowest BCUT2D eigenvalue weighted by atomic mass is 9.45. The van der Waals surface area contributed by atoms with E-state index < -0.39 is 35.5 Å². The fourth-order valence-electron chi connectivity index (χ4n) is 8.44. The maximum atomic E-state index is 13.2. The van der Waals surface area contributed by atoms with Gasteiger partial charge in [0.05, 0.1) is 6.10 Å². The lowest BCUT2D eigenvalue weighted by molar-refractivity contribution is -0.202. The number of carbonyl (C=O) groups excluding carboxylic acids is 3. The number of ether oxygens (including phenoxy) is 1. The van der Waals surface area contributed by atoms with Crippen LogP contribution in [0.4, 0.5) is 0 Å². The first-order valence-electron chi connectivity index (χ1n) is 12.9. The minimum Gasteiger partial charge on any atom is -0.450 e. The molecule has 0 aliphatic heterocycles. The number of rotatable bonds is 7. The molecular formula is C27H40O6. The summed E-state index contributed by atoms with van der Waals surface area (Å²) in [5.41, 5.74) is -0.777. The Labute approximate surface area is 197 Å². The van der Waals surface area contributed by atoms with Crippen LogP contribution in [0.15, 0.2) is 11.6 Å². The number of fused-ring (bicyclic) bond motifs is 5. The summed E-state index contributed by atoms with van der Waals surface area (Å²) in [4.78, 5) is 38.0. The van der Waals surface area contributed by atoms with Crippen LogP contribution in [0.1, 0.15) is 91.4 Å². The lowest BCUT2D eigenvalue weighted by Gasteiger charge is -2.60. The first-order valence-corrected chi connectivity index (χ1v) is 12.9. The number of Topliss-reactive ketones (excluding diaryl/α,β-unsaturated/α-hetero) is 2. The monoisotopic (exact) mass is 460 g/mol. The highest BCUT2D eigenvalue weighted by Gasteiger charge is 2.70. The van der Waals surface area contributed by atoms with E-state index in [9.17, 15) is 24.6 Å². The Morgan fingerprint density at radius 3 is 2.64 bits per heavy atom. The fraction of sp³-hybridized carbons (Fsp3) is 0.815. The standard InChI is InChI=1S/C27H40O6/c1-4-7-18(29)14-23(32)33-27(22(31)16-28)13-11-20-19-10-9-17-8-5-6-12-25(17,2)24(19)21(30)15-26(20,27)3/h8,19-21,24,28,30H,4-7,9-16H2,1-3H3. The van der Waals surface area contributed by atoms with Gasteiger partial charge in [0.25, 0.3) is 0 Å². The maximum Gasteiger partial charge on any atom is 0.314 e. The Balaban J connectivity index is 1.66. The van der Waals surface area contributed by atoms with Gasteiger partial charge in [0.2, 0.25) is 5.78 Å². The van der Waals surface area contributed by atoms with Gasteiger partial charge in [-0.25, -0.2) is 0 Å². The predicted molar refractivity (Wildman–Crippen MR) is 123 cm³/mol. The zero-order chi connectivity index (χ0) is 24.0. The molecule has 3 fully saturated rings. The van der Waals surface area contributed by atoms with Crippen molar-refractivity contribution in [1.82, 2.24) is 0 Å². The zero-order valence-corrected chi connectivity index (χ0v) is 20.4. The number of esters is 1. The molecule has 0 aromatic rings. The van der Waals surface area contributed by atoms with E-state index in [0.717, 1.165) is 38.5 Å². The lowest BCUT2D eigenvalue weighted by Crippen LogP contribution is -2.63. The van der Waals surface area contributed by atoms with Crippen molar-refractivity contribution in [3.05, 3.63) is 11.6 Å². The van der Waals surface area contributed by atoms with Crippen LogP contribution >= 0.6 is 0 Å². The summed E-state index contributed by atoms with van der Waals surface area (Å²) < 4.78 is 5.91. The summed E-state index contributed by atoms with van der Waals surface area (Å²) in [6.07, 6.45) is 9.11. The normalized spacial score (nSPS) is 41.9. The smallest absolute Gasteiger partial charge is 0.314 e. The third kappa shape index (κ3) is 3.72. The third-order valence-electron chi connectivity index (χ3n) is 9.83. The minimum absolute atomic E-state index is 0.0165. The maximum absolute atomic E-state index is 13.2. The SMILES string of the molecule is CCCC(=O)CC(=O)OC1(C(=O)CO)CCC2C3CCC4=CCCCC4(C)C3C(O)CC21C. The molecule has 6 heteroatoms. The molecule has 0 aromatic heterocycles. The third-order valence-corrected chi connectivity index (χ3v) is 9.83. The van der Waals surface area contributed by atoms with E-state index in [2.05, 4.69) is 13.0 Å². The number of aliphatic hydroxyl groups is 2. The molecule has 7 unspecified atom stereocenters. The molecule has 33 heavy (non-hydrogen) atoms. The fourth-order valence-corrected chi connectivity index (χ4v) is 8.44. The van der Waals surface area contributed by atoms with Crippen molar-refractivity contribution in [2.75, 3.05) is 6.61 Å². The number of allylic oxidation sites excluding steroid dienone is 2. The first-order chi connectivity index (χ1) is 15.6. The van der Waals surface area contributed by atoms with E-state index in [1.807, 2.05) is 13.8 Å². The molecule has 0 heterocycles. The van der Waals surface area contributed by atoms with Gasteiger partial charge in [0.1, 0.15) is 18.8 Å². The van der Waals surface area contributed by atoms with Crippen LogP contribution in [-0.2, 0) is 19.1 Å². The minimum atomic E-state index is -1.48. The molecule has 184 valence electrons. The van der Waals surface area contributed by atoms with E-state index in [-0.39, 0.29) is 35.4 Å². The van der Waals surface area contributed by atoms with Crippen LogP contribution < -0.4 is 0 Å². The van der Waals surface area contributed by atoms with E-state index in [4.69, 9.17) is 4.74 Å². The predicted octanol–water partition coefficient (Wildman–Crippen LogP) is 3.91. The summed E-state index contributed by atoms with van der Waals surface area (Å²) in [7, 11) is 0. The van der Waals surface area contributed by atoms with Crippen LogP contribution in [0.2, 0.25) is 0 Å². The highest BCUT2D eigenvalue weighted by molar-refractivity contribution is 5.98. The van der Waals surface area contributed by atoms with Gasteiger partial charge in [0.15, 0.2) is 5.60 Å². The molecule has 6 nitrogen and oxygen atoms in total. The number of hydrogen-bond donors (Lipinski definition) is 2. The largest absolute Gasteiger partial charge is 0.450 e. The molecule has 4 aliphatic rings. The summed E-state index contributed by atoms with van der Waals surface area (Å²) in [6.45, 7) is 5.43. The molecule has 7 atom stereocenters. The van der Waals surface area contributed by atoms with Crippen LogP contribution in [0.25, 0.3) is 0 Å². The first kappa shape index (κ1) is 24.6. The Kier molecular flexibility index (Phi) is 6.65. The van der Waals surface area contributed by atoms with Crippen LogP contribution in [0.3, 0.4) is 0 Å². The Morgan fingerprint density at radius 1 is 1.18 bits per heavy atom. The summed E-state index contributed by atoms with van der Waals surface area (Å²) in [5.74, 6) is -0.891. The molecule has 4 aliphatic carbocycles. The zero-order valence-electron chi connectivity index (χ0n) is 20.4. The second-order valence-corrected chi connectivity index (χ2v) is 11.4. The summed E-state index contributed by atoms with van der Waals surface area (Å²) in [6, 6.07) is 0. The van der Waals surface area contributed by atoms with Gasteiger partial charge in [-0.05, 0) is 81.0 Å². The van der Waals surface area contributed by atoms with E-state index in [1.165, 1.54) is 5.57 Å². The Hall–Kier alpha value is -1.53. The van der Waals surface area contributed by atoms with Crippen molar-refractivity contribution < 1.29 is 29.3 Å². The van der Waals surface area contributed by atoms with Gasteiger partial charge in [-0.3, -0.25) is 14.4 Å². The highest BCUT2D eigenvalue weighted by Crippen LogP contribution is 2.68. The average Bonchev–Trinajstić information content (AvgIpc) is 3.04. The molecular weight excluding hydrogens is 420 g/mol.